The summed E-state index contributed by atoms with van der Waals surface area (Å²) in [5, 5.41) is 1.15. The van der Waals surface area contributed by atoms with E-state index in [0.29, 0.717) is 0 Å². The van der Waals surface area contributed by atoms with Crippen molar-refractivity contribution in [1.29, 1.82) is 0 Å². The molecule has 0 aliphatic heterocycles. The molecule has 4 aromatic carbocycles. The third-order valence-electron chi connectivity index (χ3n) is 7.27. The van der Waals surface area contributed by atoms with E-state index in [1.54, 1.807) is 0 Å². The molecule has 0 saturated heterocycles. The maximum Gasteiger partial charge on any atom is 0.144 e. The topological polar surface area (TPSA) is 35.6 Å². The second-order valence-corrected chi connectivity index (χ2v) is 9.72. The van der Waals surface area contributed by atoms with Crippen molar-refractivity contribution in [3.63, 3.8) is 0 Å². The predicted molar refractivity (Wildman–Crippen MR) is 156 cm³/mol. The van der Waals surface area contributed by atoms with Gasteiger partial charge >= 0.3 is 0 Å². The van der Waals surface area contributed by atoms with Crippen molar-refractivity contribution in [2.75, 3.05) is 0 Å². The van der Waals surface area contributed by atoms with E-state index in [0.717, 1.165) is 39.0 Å². The molecule has 3 heterocycles. The number of nitrogens with zero attached hydrogens (tertiary/aromatic N) is 4. The van der Waals surface area contributed by atoms with Crippen molar-refractivity contribution in [2.24, 2.45) is 0 Å². The lowest BCUT2D eigenvalue weighted by Gasteiger charge is -2.16. The SMILES string of the molecule is Cc1cc(-c2ccc3c(c2)c2ncccc2n3-c2ccccc2)cc(C)c1-n1ccnc1-c1ccccc1. The van der Waals surface area contributed by atoms with Crippen LogP contribution in [0.5, 0.6) is 0 Å². The summed E-state index contributed by atoms with van der Waals surface area (Å²) in [4.78, 5) is 9.45. The highest BCUT2D eigenvalue weighted by Crippen LogP contribution is 2.35. The van der Waals surface area contributed by atoms with Gasteiger partial charge < -0.3 is 4.57 Å². The maximum absolute atomic E-state index is 4.78. The average molecular weight is 491 g/mol. The van der Waals surface area contributed by atoms with Gasteiger partial charge in [-0.3, -0.25) is 9.55 Å². The van der Waals surface area contributed by atoms with Gasteiger partial charge in [0.15, 0.2) is 0 Å². The number of hydrogen-bond acceptors (Lipinski definition) is 2. The highest BCUT2D eigenvalue weighted by atomic mass is 15.1. The average Bonchev–Trinajstić information content (AvgIpc) is 3.56. The van der Waals surface area contributed by atoms with Gasteiger partial charge in [0, 0.05) is 35.2 Å². The molecular formula is C34H26N4. The molecular weight excluding hydrogens is 464 g/mol. The van der Waals surface area contributed by atoms with Gasteiger partial charge in [0.25, 0.3) is 0 Å². The highest BCUT2D eigenvalue weighted by molar-refractivity contribution is 6.08. The van der Waals surface area contributed by atoms with Gasteiger partial charge in [-0.2, -0.15) is 0 Å². The van der Waals surface area contributed by atoms with Gasteiger partial charge in [-0.05, 0) is 84.6 Å². The van der Waals surface area contributed by atoms with Crippen molar-refractivity contribution < 1.29 is 0 Å². The van der Waals surface area contributed by atoms with E-state index in [1.807, 2.05) is 30.7 Å². The molecule has 182 valence electrons. The molecule has 0 unspecified atom stereocenters. The standard InChI is InChI=1S/C34H26N4/c1-23-20-27(21-24(2)33(23)37-19-18-36-34(37)25-10-5-3-6-11-25)26-15-16-30-29(22-26)32-31(14-9-17-35-32)38(30)28-12-7-4-8-13-28/h3-22H,1-2H3. The third-order valence-corrected chi connectivity index (χ3v) is 7.27. The molecule has 0 amide bonds. The summed E-state index contributed by atoms with van der Waals surface area (Å²) in [7, 11) is 0. The zero-order chi connectivity index (χ0) is 25.6. The van der Waals surface area contributed by atoms with Gasteiger partial charge in [0.05, 0.1) is 22.2 Å². The van der Waals surface area contributed by atoms with Crippen LogP contribution in [0.1, 0.15) is 11.1 Å². The fraction of sp³-hybridized carbons (Fsp3) is 0.0588. The molecule has 7 rings (SSSR count). The minimum atomic E-state index is 0.950. The Morgan fingerprint density at radius 2 is 1.32 bits per heavy atom. The molecule has 0 fully saturated rings. The van der Waals surface area contributed by atoms with Gasteiger partial charge in [-0.15, -0.1) is 0 Å². The summed E-state index contributed by atoms with van der Waals surface area (Å²) in [6.45, 7) is 4.37. The van der Waals surface area contributed by atoms with E-state index in [1.165, 1.54) is 27.9 Å². The van der Waals surface area contributed by atoms with Crippen LogP contribution < -0.4 is 0 Å². The minimum Gasteiger partial charge on any atom is -0.308 e. The Morgan fingerprint density at radius 1 is 0.579 bits per heavy atom. The van der Waals surface area contributed by atoms with Crippen molar-refractivity contribution >= 4 is 21.9 Å². The van der Waals surface area contributed by atoms with Crippen molar-refractivity contribution in [1.82, 2.24) is 19.1 Å². The van der Waals surface area contributed by atoms with Crippen molar-refractivity contribution in [2.45, 2.75) is 13.8 Å². The molecule has 38 heavy (non-hydrogen) atoms. The molecule has 0 saturated carbocycles. The van der Waals surface area contributed by atoms with Crippen LogP contribution in [0.15, 0.2) is 122 Å². The fourth-order valence-corrected chi connectivity index (χ4v) is 5.66. The third kappa shape index (κ3) is 3.53. The quantitative estimate of drug-likeness (QED) is 0.249. The van der Waals surface area contributed by atoms with Crippen molar-refractivity contribution in [3.8, 4) is 33.9 Å². The van der Waals surface area contributed by atoms with Crippen LogP contribution in [0, 0.1) is 13.8 Å². The zero-order valence-electron chi connectivity index (χ0n) is 21.3. The fourth-order valence-electron chi connectivity index (χ4n) is 5.66. The van der Waals surface area contributed by atoms with Gasteiger partial charge in [-0.1, -0.05) is 54.6 Å². The van der Waals surface area contributed by atoms with Crippen LogP contribution in [-0.4, -0.2) is 19.1 Å². The monoisotopic (exact) mass is 490 g/mol. The van der Waals surface area contributed by atoms with Crippen LogP contribution in [0.2, 0.25) is 0 Å². The number of hydrogen-bond donors (Lipinski definition) is 0. The largest absolute Gasteiger partial charge is 0.308 e. The van der Waals surface area contributed by atoms with Crippen LogP contribution in [0.25, 0.3) is 55.8 Å². The molecule has 3 aromatic heterocycles. The molecule has 0 spiro atoms. The van der Waals surface area contributed by atoms with Gasteiger partial charge in [-0.25, -0.2) is 4.98 Å². The Morgan fingerprint density at radius 3 is 2.08 bits per heavy atom. The summed E-state index contributed by atoms with van der Waals surface area (Å²) >= 11 is 0. The number of aryl methyl sites for hydroxylation is 2. The van der Waals surface area contributed by atoms with Crippen LogP contribution in [0.4, 0.5) is 0 Å². The Labute approximate surface area is 221 Å². The Hall–Kier alpha value is -4.96. The molecule has 4 heteroatoms. The number of fused-ring (bicyclic) bond motifs is 3. The second-order valence-electron chi connectivity index (χ2n) is 9.72. The minimum absolute atomic E-state index is 0.950. The number of aromatic nitrogens is 4. The van der Waals surface area contributed by atoms with E-state index in [2.05, 4.69) is 119 Å². The predicted octanol–water partition coefficient (Wildman–Crippen LogP) is 8.32. The number of rotatable bonds is 4. The van der Waals surface area contributed by atoms with Crippen molar-refractivity contribution in [3.05, 3.63) is 133 Å². The Kier molecular flexibility index (Phi) is 5.19. The summed E-state index contributed by atoms with van der Waals surface area (Å²) in [5.74, 6) is 0.950. The van der Waals surface area contributed by atoms with E-state index in [9.17, 15) is 0 Å². The first-order valence-corrected chi connectivity index (χ1v) is 12.8. The summed E-state index contributed by atoms with van der Waals surface area (Å²) in [6, 6.07) is 36.3. The first kappa shape index (κ1) is 22.3. The number of benzene rings is 4. The van der Waals surface area contributed by atoms with E-state index < -0.39 is 0 Å². The molecule has 0 radical (unpaired) electrons. The molecule has 0 N–H and O–H groups in total. The summed E-state index contributed by atoms with van der Waals surface area (Å²) in [6.07, 6.45) is 5.80. The molecule has 7 aromatic rings. The molecule has 0 aliphatic rings. The number of imidazole rings is 1. The molecule has 0 bridgehead atoms. The first-order valence-electron chi connectivity index (χ1n) is 12.8. The Bertz CT molecular complexity index is 1910. The van der Waals surface area contributed by atoms with Gasteiger partial charge in [0.1, 0.15) is 5.82 Å². The van der Waals surface area contributed by atoms with Crippen LogP contribution in [0.3, 0.4) is 0 Å². The normalized spacial score (nSPS) is 11.4. The van der Waals surface area contributed by atoms with E-state index >= 15 is 0 Å². The zero-order valence-corrected chi connectivity index (χ0v) is 21.3. The molecule has 0 atom stereocenters. The Balaban J connectivity index is 1.37. The number of pyridine rings is 1. The van der Waals surface area contributed by atoms with Crippen LogP contribution in [-0.2, 0) is 0 Å². The second kappa shape index (κ2) is 8.86. The van der Waals surface area contributed by atoms with E-state index in [4.69, 9.17) is 4.98 Å². The summed E-state index contributed by atoms with van der Waals surface area (Å²) < 4.78 is 4.50. The lowest BCUT2D eigenvalue weighted by Crippen LogP contribution is -2.02. The van der Waals surface area contributed by atoms with Gasteiger partial charge in [0.2, 0.25) is 0 Å². The van der Waals surface area contributed by atoms with E-state index in [-0.39, 0.29) is 0 Å². The smallest absolute Gasteiger partial charge is 0.144 e. The highest BCUT2D eigenvalue weighted by Gasteiger charge is 2.16. The lowest BCUT2D eigenvalue weighted by atomic mass is 9.97. The molecule has 4 nitrogen and oxygen atoms in total. The summed E-state index contributed by atoms with van der Waals surface area (Å²) in [5.41, 5.74) is 11.5. The van der Waals surface area contributed by atoms with Crippen LogP contribution >= 0.6 is 0 Å². The molecule has 0 aliphatic carbocycles. The maximum atomic E-state index is 4.78. The number of para-hydroxylation sites is 1. The lowest BCUT2D eigenvalue weighted by molar-refractivity contribution is 1.03. The first-order chi connectivity index (χ1) is 18.7.